The first-order valence-corrected chi connectivity index (χ1v) is 6.95. The highest BCUT2D eigenvalue weighted by Crippen LogP contribution is 2.15. The first kappa shape index (κ1) is 17.6. The molecule has 1 amide bonds. The van der Waals surface area contributed by atoms with Crippen molar-refractivity contribution in [1.82, 2.24) is 5.32 Å². The van der Waals surface area contributed by atoms with E-state index in [-0.39, 0.29) is 11.3 Å². The van der Waals surface area contributed by atoms with Crippen LogP contribution in [-0.4, -0.2) is 29.3 Å². The first-order valence-electron chi connectivity index (χ1n) is 6.95. The molecule has 0 spiro atoms. The Morgan fingerprint density at radius 2 is 2.05 bits per heavy atom. The standard InChI is InChI=1S/C16H22N2O4/c1-16(2,3)22-15(21)18-9-5-4-6-11-7-8-13(17)12(10-11)14(19)20/h4,6-8,10H,5,9,17H2,1-3H3,(H,18,21)(H,19,20). The second kappa shape index (κ2) is 7.49. The van der Waals surface area contributed by atoms with E-state index in [4.69, 9.17) is 15.6 Å². The lowest BCUT2D eigenvalue weighted by atomic mass is 10.1. The lowest BCUT2D eigenvalue weighted by Crippen LogP contribution is -2.32. The topological polar surface area (TPSA) is 102 Å². The quantitative estimate of drug-likeness (QED) is 0.573. The number of benzene rings is 1. The average molecular weight is 306 g/mol. The highest BCUT2D eigenvalue weighted by molar-refractivity contribution is 5.94. The zero-order valence-corrected chi connectivity index (χ0v) is 13.1. The second-order valence-electron chi connectivity index (χ2n) is 5.77. The molecule has 0 heterocycles. The molecule has 1 aromatic carbocycles. The van der Waals surface area contributed by atoms with Crippen LogP contribution >= 0.6 is 0 Å². The van der Waals surface area contributed by atoms with Crippen molar-refractivity contribution in [2.24, 2.45) is 0 Å². The summed E-state index contributed by atoms with van der Waals surface area (Å²) in [6, 6.07) is 4.80. The van der Waals surface area contributed by atoms with Crippen molar-refractivity contribution in [1.29, 1.82) is 0 Å². The Hall–Kier alpha value is -2.50. The summed E-state index contributed by atoms with van der Waals surface area (Å²) in [6.45, 7) is 5.83. The van der Waals surface area contributed by atoms with Gasteiger partial charge in [0, 0.05) is 12.2 Å². The van der Waals surface area contributed by atoms with E-state index in [1.807, 2.05) is 6.08 Å². The minimum atomic E-state index is -1.06. The van der Waals surface area contributed by atoms with E-state index in [9.17, 15) is 9.59 Å². The maximum absolute atomic E-state index is 11.4. The van der Waals surface area contributed by atoms with E-state index < -0.39 is 17.7 Å². The number of carboxylic acid groups (broad SMARTS) is 1. The second-order valence-corrected chi connectivity index (χ2v) is 5.77. The molecule has 0 radical (unpaired) electrons. The van der Waals surface area contributed by atoms with Crippen LogP contribution in [0.15, 0.2) is 24.3 Å². The normalized spacial score (nSPS) is 11.4. The summed E-state index contributed by atoms with van der Waals surface area (Å²) in [5.41, 5.74) is 6.12. The lowest BCUT2D eigenvalue weighted by Gasteiger charge is -2.19. The summed E-state index contributed by atoms with van der Waals surface area (Å²) in [4.78, 5) is 22.4. The number of carboxylic acids is 1. The molecule has 0 aromatic heterocycles. The fourth-order valence-corrected chi connectivity index (χ4v) is 1.65. The van der Waals surface area contributed by atoms with Crippen LogP contribution in [0, 0.1) is 0 Å². The molecule has 0 aliphatic heterocycles. The number of alkyl carbamates (subject to hydrolysis) is 1. The smallest absolute Gasteiger partial charge is 0.407 e. The predicted octanol–water partition coefficient (Wildman–Crippen LogP) is 2.90. The molecule has 0 saturated heterocycles. The van der Waals surface area contributed by atoms with Crippen LogP contribution in [0.4, 0.5) is 10.5 Å². The minimum Gasteiger partial charge on any atom is -0.478 e. The molecule has 0 unspecified atom stereocenters. The van der Waals surface area contributed by atoms with Crippen molar-refractivity contribution >= 4 is 23.8 Å². The molecule has 120 valence electrons. The molecule has 1 rings (SSSR count). The monoisotopic (exact) mass is 306 g/mol. The number of nitrogens with one attached hydrogen (secondary N) is 1. The van der Waals surface area contributed by atoms with Crippen molar-refractivity contribution in [3.63, 3.8) is 0 Å². The fourth-order valence-electron chi connectivity index (χ4n) is 1.65. The number of hydrogen-bond donors (Lipinski definition) is 3. The summed E-state index contributed by atoms with van der Waals surface area (Å²) < 4.78 is 5.10. The van der Waals surface area contributed by atoms with Crippen LogP contribution < -0.4 is 11.1 Å². The molecule has 6 nitrogen and oxygen atoms in total. The third kappa shape index (κ3) is 6.30. The molecule has 0 aliphatic carbocycles. The number of ether oxygens (including phenoxy) is 1. The van der Waals surface area contributed by atoms with Crippen molar-refractivity contribution in [2.75, 3.05) is 12.3 Å². The lowest BCUT2D eigenvalue weighted by molar-refractivity contribution is 0.0528. The molecule has 0 saturated carbocycles. The average Bonchev–Trinajstić information content (AvgIpc) is 2.37. The number of carbonyl (C=O) groups excluding carboxylic acids is 1. The molecular weight excluding hydrogens is 284 g/mol. The van der Waals surface area contributed by atoms with Crippen molar-refractivity contribution in [3.8, 4) is 0 Å². The van der Waals surface area contributed by atoms with Gasteiger partial charge < -0.3 is 20.9 Å². The molecular formula is C16H22N2O4. The molecule has 0 atom stereocenters. The SMILES string of the molecule is CC(C)(C)OC(=O)NCCC=Cc1ccc(N)c(C(=O)O)c1. The Kier molecular flexibility index (Phi) is 5.98. The zero-order valence-electron chi connectivity index (χ0n) is 13.1. The number of anilines is 1. The Morgan fingerprint density at radius 1 is 1.36 bits per heavy atom. The van der Waals surface area contributed by atoms with Crippen molar-refractivity contribution < 1.29 is 19.4 Å². The summed E-state index contributed by atoms with van der Waals surface area (Å²) in [5, 5.41) is 11.6. The molecule has 0 fully saturated rings. The van der Waals surface area contributed by atoms with E-state index in [2.05, 4.69) is 5.32 Å². The van der Waals surface area contributed by atoms with Crippen LogP contribution in [0.25, 0.3) is 6.08 Å². The molecule has 0 aliphatic rings. The Bertz CT molecular complexity index is 574. The van der Waals surface area contributed by atoms with E-state index >= 15 is 0 Å². The van der Waals surface area contributed by atoms with Crippen molar-refractivity contribution in [2.45, 2.75) is 32.8 Å². The van der Waals surface area contributed by atoms with Gasteiger partial charge in [-0.15, -0.1) is 0 Å². The first-order chi connectivity index (χ1) is 10.2. The number of carbonyl (C=O) groups is 2. The highest BCUT2D eigenvalue weighted by atomic mass is 16.6. The predicted molar refractivity (Wildman–Crippen MR) is 85.7 cm³/mol. The number of rotatable bonds is 5. The third-order valence-electron chi connectivity index (χ3n) is 2.60. The van der Waals surface area contributed by atoms with Gasteiger partial charge in [0.1, 0.15) is 5.60 Å². The molecule has 4 N–H and O–H groups in total. The van der Waals surface area contributed by atoms with E-state index in [0.717, 1.165) is 5.56 Å². The van der Waals surface area contributed by atoms with Gasteiger partial charge in [0.05, 0.1) is 5.56 Å². The van der Waals surface area contributed by atoms with Gasteiger partial charge in [0.15, 0.2) is 0 Å². The van der Waals surface area contributed by atoms with Gasteiger partial charge in [-0.05, 0) is 44.9 Å². The van der Waals surface area contributed by atoms with Crippen LogP contribution in [0.3, 0.4) is 0 Å². The summed E-state index contributed by atoms with van der Waals surface area (Å²) in [6.07, 6.45) is 3.77. The highest BCUT2D eigenvalue weighted by Gasteiger charge is 2.15. The summed E-state index contributed by atoms with van der Waals surface area (Å²) >= 11 is 0. The van der Waals surface area contributed by atoms with E-state index in [0.29, 0.717) is 13.0 Å². The Balaban J connectivity index is 2.45. The minimum absolute atomic E-state index is 0.0778. The molecule has 6 heteroatoms. The number of amides is 1. The van der Waals surface area contributed by atoms with Crippen LogP contribution in [0.5, 0.6) is 0 Å². The molecule has 22 heavy (non-hydrogen) atoms. The van der Waals surface area contributed by atoms with E-state index in [1.165, 1.54) is 6.07 Å². The maximum atomic E-state index is 11.4. The zero-order chi connectivity index (χ0) is 16.8. The van der Waals surface area contributed by atoms with Gasteiger partial charge in [-0.3, -0.25) is 0 Å². The number of nitrogen functional groups attached to an aromatic ring is 1. The summed E-state index contributed by atoms with van der Waals surface area (Å²) in [7, 11) is 0. The van der Waals surface area contributed by atoms with Gasteiger partial charge >= 0.3 is 12.1 Å². The maximum Gasteiger partial charge on any atom is 0.407 e. The largest absolute Gasteiger partial charge is 0.478 e. The molecule has 1 aromatic rings. The number of aromatic carboxylic acids is 1. The van der Waals surface area contributed by atoms with Crippen LogP contribution in [-0.2, 0) is 4.74 Å². The Morgan fingerprint density at radius 3 is 2.64 bits per heavy atom. The fraction of sp³-hybridized carbons (Fsp3) is 0.375. The van der Waals surface area contributed by atoms with Gasteiger partial charge in [-0.25, -0.2) is 9.59 Å². The van der Waals surface area contributed by atoms with Crippen molar-refractivity contribution in [3.05, 3.63) is 35.4 Å². The van der Waals surface area contributed by atoms with Crippen LogP contribution in [0.2, 0.25) is 0 Å². The van der Waals surface area contributed by atoms with E-state index in [1.54, 1.807) is 39.0 Å². The van der Waals surface area contributed by atoms with Crippen LogP contribution in [0.1, 0.15) is 43.1 Å². The Labute approximate surface area is 130 Å². The van der Waals surface area contributed by atoms with Gasteiger partial charge in [-0.1, -0.05) is 18.2 Å². The summed E-state index contributed by atoms with van der Waals surface area (Å²) in [5.74, 6) is -1.06. The van der Waals surface area contributed by atoms with Gasteiger partial charge in [-0.2, -0.15) is 0 Å². The number of nitrogens with two attached hydrogens (primary N) is 1. The number of hydrogen-bond acceptors (Lipinski definition) is 4. The third-order valence-corrected chi connectivity index (χ3v) is 2.60. The van der Waals surface area contributed by atoms with Gasteiger partial charge in [0.2, 0.25) is 0 Å². The van der Waals surface area contributed by atoms with Gasteiger partial charge in [0.25, 0.3) is 0 Å². The molecule has 0 bridgehead atoms.